The minimum Gasteiger partial charge on any atom is -0.481 e. The molecule has 2 amide bonds. The quantitative estimate of drug-likeness (QED) is 0.722. The van der Waals surface area contributed by atoms with Crippen LogP contribution < -0.4 is 10.6 Å². The molecule has 1 aliphatic carbocycles. The average molecular weight is 290 g/mol. The maximum absolute atomic E-state index is 12.1. The van der Waals surface area contributed by atoms with Gasteiger partial charge in [-0.2, -0.15) is 0 Å². The second-order valence-electron chi connectivity index (χ2n) is 5.55. The Labute approximate surface area is 124 Å². The average Bonchev–Trinajstić information content (AvgIpc) is 3.24. The Balaban J connectivity index is 1.95. The molecule has 1 atom stereocenters. The van der Waals surface area contributed by atoms with Gasteiger partial charge in [0.15, 0.2) is 0 Å². The van der Waals surface area contributed by atoms with E-state index in [9.17, 15) is 9.59 Å². The number of hydrogen-bond acceptors (Lipinski definition) is 2. The lowest BCUT2D eigenvalue weighted by Crippen LogP contribution is -2.40. The summed E-state index contributed by atoms with van der Waals surface area (Å²) in [7, 11) is 0. The van der Waals surface area contributed by atoms with Gasteiger partial charge in [0.2, 0.25) is 0 Å². The summed E-state index contributed by atoms with van der Waals surface area (Å²) in [5, 5.41) is 14.5. The van der Waals surface area contributed by atoms with Gasteiger partial charge in [-0.05, 0) is 36.8 Å². The van der Waals surface area contributed by atoms with Crippen molar-refractivity contribution >= 4 is 17.7 Å². The van der Waals surface area contributed by atoms with Crippen LogP contribution in [0.1, 0.15) is 38.2 Å². The van der Waals surface area contributed by atoms with Crippen LogP contribution in [0, 0.1) is 5.92 Å². The number of hydrogen-bond donors (Lipinski definition) is 3. The third kappa shape index (κ3) is 4.77. The number of anilines is 1. The third-order valence-corrected chi connectivity index (χ3v) is 3.69. The van der Waals surface area contributed by atoms with Gasteiger partial charge < -0.3 is 15.7 Å². The Kier molecular flexibility index (Phi) is 5.20. The highest BCUT2D eigenvalue weighted by Crippen LogP contribution is 2.34. The Morgan fingerprint density at radius 2 is 2.05 bits per heavy atom. The first-order chi connectivity index (χ1) is 10.1. The van der Waals surface area contributed by atoms with Crippen LogP contribution in [0.25, 0.3) is 0 Å². The molecule has 1 aromatic carbocycles. The molecule has 2 rings (SSSR count). The van der Waals surface area contributed by atoms with E-state index in [4.69, 9.17) is 5.11 Å². The predicted molar refractivity (Wildman–Crippen MR) is 81.4 cm³/mol. The number of urea groups is 1. The Hall–Kier alpha value is -2.04. The number of aliphatic carboxylic acids is 1. The number of carboxylic acid groups (broad SMARTS) is 1. The highest BCUT2D eigenvalue weighted by Gasteiger charge is 2.33. The molecule has 0 aromatic heterocycles. The van der Waals surface area contributed by atoms with Crippen LogP contribution in [0.4, 0.5) is 10.5 Å². The van der Waals surface area contributed by atoms with Gasteiger partial charge in [-0.15, -0.1) is 0 Å². The lowest BCUT2D eigenvalue weighted by Gasteiger charge is -2.18. The summed E-state index contributed by atoms with van der Waals surface area (Å²) in [4.78, 5) is 22.9. The van der Waals surface area contributed by atoms with Crippen molar-refractivity contribution in [2.24, 2.45) is 5.92 Å². The number of para-hydroxylation sites is 1. The van der Waals surface area contributed by atoms with Gasteiger partial charge in [-0.25, -0.2) is 4.79 Å². The van der Waals surface area contributed by atoms with Gasteiger partial charge in [0.25, 0.3) is 0 Å². The molecular weight excluding hydrogens is 268 g/mol. The smallest absolute Gasteiger partial charge is 0.319 e. The molecule has 114 valence electrons. The minimum atomic E-state index is -0.876. The molecule has 1 fully saturated rings. The van der Waals surface area contributed by atoms with Gasteiger partial charge in [-0.1, -0.05) is 31.5 Å². The fourth-order valence-electron chi connectivity index (χ4n) is 2.48. The van der Waals surface area contributed by atoms with Gasteiger partial charge in [0.1, 0.15) is 0 Å². The molecule has 1 saturated carbocycles. The Morgan fingerprint density at radius 1 is 1.33 bits per heavy atom. The molecule has 0 radical (unpaired) electrons. The second-order valence-corrected chi connectivity index (χ2v) is 5.55. The number of carbonyl (C=O) groups excluding carboxylic acids is 1. The van der Waals surface area contributed by atoms with E-state index in [1.54, 1.807) is 0 Å². The molecule has 0 bridgehead atoms. The van der Waals surface area contributed by atoms with Crippen LogP contribution in [0.2, 0.25) is 0 Å². The van der Waals surface area contributed by atoms with Crippen molar-refractivity contribution in [3.63, 3.8) is 0 Å². The van der Waals surface area contributed by atoms with Crippen LogP contribution in [-0.4, -0.2) is 23.1 Å². The molecule has 0 saturated heterocycles. The molecule has 5 heteroatoms. The fourth-order valence-corrected chi connectivity index (χ4v) is 2.48. The number of amides is 2. The molecule has 5 nitrogen and oxygen atoms in total. The lowest BCUT2D eigenvalue weighted by atomic mass is 10.1. The maximum Gasteiger partial charge on any atom is 0.319 e. The van der Waals surface area contributed by atoms with Crippen molar-refractivity contribution < 1.29 is 14.7 Å². The molecule has 3 N–H and O–H groups in total. The normalized spacial score (nSPS) is 15.3. The van der Waals surface area contributed by atoms with E-state index < -0.39 is 5.97 Å². The van der Waals surface area contributed by atoms with Crippen LogP contribution in [0.3, 0.4) is 0 Å². The first-order valence-corrected chi connectivity index (χ1v) is 7.47. The summed E-state index contributed by atoms with van der Waals surface area (Å²) >= 11 is 0. The predicted octanol–water partition coefficient (Wildman–Crippen LogP) is 3.01. The summed E-state index contributed by atoms with van der Waals surface area (Å²) in [5.41, 5.74) is 1.89. The molecular formula is C16H22N2O3. The molecule has 1 aliphatic rings. The Bertz CT molecular complexity index is 512. The first kappa shape index (κ1) is 15.4. The molecule has 21 heavy (non-hydrogen) atoms. The van der Waals surface area contributed by atoms with Crippen molar-refractivity contribution in [3.8, 4) is 0 Å². The van der Waals surface area contributed by atoms with Crippen LogP contribution >= 0.6 is 0 Å². The number of aryl methyl sites for hydroxylation is 1. The van der Waals surface area contributed by atoms with E-state index in [1.807, 2.05) is 24.3 Å². The highest BCUT2D eigenvalue weighted by atomic mass is 16.4. The van der Waals surface area contributed by atoms with Crippen LogP contribution in [0.15, 0.2) is 24.3 Å². The largest absolute Gasteiger partial charge is 0.481 e. The van der Waals surface area contributed by atoms with E-state index in [0.717, 1.165) is 36.9 Å². The minimum absolute atomic E-state index is 0.0192. The zero-order chi connectivity index (χ0) is 15.2. The fraction of sp³-hybridized carbons (Fsp3) is 0.500. The second kappa shape index (κ2) is 7.11. The van der Waals surface area contributed by atoms with Crippen molar-refractivity contribution in [1.29, 1.82) is 0 Å². The van der Waals surface area contributed by atoms with Gasteiger partial charge in [0, 0.05) is 11.7 Å². The van der Waals surface area contributed by atoms with Crippen molar-refractivity contribution in [2.75, 3.05) is 5.32 Å². The van der Waals surface area contributed by atoms with Crippen LogP contribution in [0.5, 0.6) is 0 Å². The van der Waals surface area contributed by atoms with Crippen molar-refractivity contribution in [2.45, 2.75) is 45.1 Å². The first-order valence-electron chi connectivity index (χ1n) is 7.47. The molecule has 1 unspecified atom stereocenters. The summed E-state index contributed by atoms with van der Waals surface area (Å²) in [6, 6.07) is 7.09. The third-order valence-electron chi connectivity index (χ3n) is 3.69. The monoisotopic (exact) mass is 290 g/mol. The highest BCUT2D eigenvalue weighted by molar-refractivity contribution is 5.90. The van der Waals surface area contributed by atoms with Gasteiger partial charge in [-0.3, -0.25) is 4.79 Å². The van der Waals surface area contributed by atoms with Gasteiger partial charge >= 0.3 is 12.0 Å². The molecule has 1 aromatic rings. The lowest BCUT2D eigenvalue weighted by molar-refractivity contribution is -0.137. The van der Waals surface area contributed by atoms with E-state index in [2.05, 4.69) is 17.6 Å². The van der Waals surface area contributed by atoms with E-state index in [1.165, 1.54) is 0 Å². The Morgan fingerprint density at radius 3 is 2.67 bits per heavy atom. The van der Waals surface area contributed by atoms with E-state index in [0.29, 0.717) is 5.92 Å². The molecule has 0 aliphatic heterocycles. The van der Waals surface area contributed by atoms with E-state index in [-0.39, 0.29) is 18.5 Å². The standard InChI is InChI=1S/C16H22N2O3/c1-2-5-11-6-3-4-7-13(11)17-16(21)18-14(10-15(19)20)12-8-9-12/h3-4,6-7,12,14H,2,5,8-10H2,1H3,(H,19,20)(H2,17,18,21). The SMILES string of the molecule is CCCc1ccccc1NC(=O)NC(CC(=O)O)C1CC1. The maximum atomic E-state index is 12.1. The zero-order valence-corrected chi connectivity index (χ0v) is 12.3. The van der Waals surface area contributed by atoms with Crippen molar-refractivity contribution in [3.05, 3.63) is 29.8 Å². The van der Waals surface area contributed by atoms with Gasteiger partial charge in [0.05, 0.1) is 6.42 Å². The van der Waals surface area contributed by atoms with Crippen molar-refractivity contribution in [1.82, 2.24) is 5.32 Å². The summed E-state index contributed by atoms with van der Waals surface area (Å²) < 4.78 is 0. The number of carbonyl (C=O) groups is 2. The number of rotatable bonds is 7. The van der Waals surface area contributed by atoms with E-state index >= 15 is 0 Å². The zero-order valence-electron chi connectivity index (χ0n) is 12.3. The summed E-state index contributed by atoms with van der Waals surface area (Å²) in [6.07, 6.45) is 3.87. The molecule has 0 heterocycles. The number of benzene rings is 1. The summed E-state index contributed by atoms with van der Waals surface area (Å²) in [5.74, 6) is -0.573. The number of carboxylic acids is 1. The van der Waals surface area contributed by atoms with Crippen LogP contribution in [-0.2, 0) is 11.2 Å². The number of nitrogens with one attached hydrogen (secondary N) is 2. The topological polar surface area (TPSA) is 78.4 Å². The summed E-state index contributed by atoms with van der Waals surface area (Å²) in [6.45, 7) is 2.09. The molecule has 0 spiro atoms.